The van der Waals surface area contributed by atoms with Crippen molar-refractivity contribution in [1.29, 1.82) is 0 Å². The summed E-state index contributed by atoms with van der Waals surface area (Å²) in [6, 6.07) is 27.2. The molecule has 0 aliphatic carbocycles. The predicted molar refractivity (Wildman–Crippen MR) is 144 cm³/mol. The molecule has 0 radical (unpaired) electrons. The van der Waals surface area contributed by atoms with E-state index >= 15 is 0 Å². The van der Waals surface area contributed by atoms with Gasteiger partial charge in [-0.2, -0.15) is 0 Å². The highest BCUT2D eigenvalue weighted by Crippen LogP contribution is 2.25. The van der Waals surface area contributed by atoms with Gasteiger partial charge in [0.1, 0.15) is 11.5 Å². The summed E-state index contributed by atoms with van der Waals surface area (Å²) in [5, 5.41) is 8.07. The van der Waals surface area contributed by atoms with Gasteiger partial charge in [-0.05, 0) is 66.4 Å². The van der Waals surface area contributed by atoms with E-state index in [4.69, 9.17) is 21.1 Å². The lowest BCUT2D eigenvalue weighted by atomic mass is 10.1. The largest absolute Gasteiger partial charge is 0.457 e. The molecule has 4 rings (SSSR count). The maximum absolute atomic E-state index is 12.2. The number of benzene rings is 4. The molecule has 2 amide bonds. The number of amides is 2. The smallest absolute Gasteiger partial charge is 0.306 e. The van der Waals surface area contributed by atoms with Crippen molar-refractivity contribution >= 4 is 51.5 Å². The summed E-state index contributed by atoms with van der Waals surface area (Å²) in [7, 11) is 0. The lowest BCUT2D eigenvalue weighted by Gasteiger charge is -2.09. The van der Waals surface area contributed by atoms with Crippen molar-refractivity contribution < 1.29 is 23.9 Å². The van der Waals surface area contributed by atoms with Crippen molar-refractivity contribution in [2.24, 2.45) is 0 Å². The molecular weight excluding hydrogens is 492 g/mol. The van der Waals surface area contributed by atoms with Crippen molar-refractivity contribution in [3.63, 3.8) is 0 Å². The third kappa shape index (κ3) is 7.81. The molecule has 7 nitrogen and oxygen atoms in total. The number of carbonyl (C=O) groups is 3. The molecule has 4 aromatic rings. The normalized spacial score (nSPS) is 10.5. The van der Waals surface area contributed by atoms with E-state index in [0.29, 0.717) is 34.3 Å². The Morgan fingerprint density at radius 2 is 1.38 bits per heavy atom. The Labute approximate surface area is 219 Å². The van der Waals surface area contributed by atoms with Gasteiger partial charge in [-0.3, -0.25) is 14.4 Å². The Hall–Kier alpha value is -4.36. The van der Waals surface area contributed by atoms with Crippen LogP contribution in [0.2, 0.25) is 5.02 Å². The summed E-state index contributed by atoms with van der Waals surface area (Å²) in [5.41, 5.74) is 1.27. The molecule has 37 heavy (non-hydrogen) atoms. The number of fused-ring (bicyclic) bond motifs is 1. The molecule has 0 unspecified atom stereocenters. The second-order valence-corrected chi connectivity index (χ2v) is 8.65. The number of carbonyl (C=O) groups excluding carboxylic acids is 3. The number of halogens is 1. The van der Waals surface area contributed by atoms with Gasteiger partial charge in [0.05, 0.1) is 0 Å². The van der Waals surface area contributed by atoms with Crippen molar-refractivity contribution in [1.82, 2.24) is 0 Å². The lowest BCUT2D eigenvalue weighted by Crippen LogP contribution is -2.21. The zero-order valence-electron chi connectivity index (χ0n) is 19.9. The van der Waals surface area contributed by atoms with Crippen LogP contribution in [0.1, 0.15) is 19.3 Å². The molecule has 0 saturated heterocycles. The summed E-state index contributed by atoms with van der Waals surface area (Å²) >= 11 is 5.87. The summed E-state index contributed by atoms with van der Waals surface area (Å²) in [6.07, 6.45) is 0.469. The van der Waals surface area contributed by atoms with Crippen LogP contribution in [0.15, 0.2) is 91.0 Å². The molecule has 0 aliphatic rings. The van der Waals surface area contributed by atoms with Crippen LogP contribution in [0.5, 0.6) is 11.5 Å². The number of nitrogens with one attached hydrogen (secondary N) is 2. The molecule has 0 spiro atoms. The van der Waals surface area contributed by atoms with Crippen molar-refractivity contribution in [3.8, 4) is 11.5 Å². The molecule has 0 saturated carbocycles. The van der Waals surface area contributed by atoms with Crippen LogP contribution in [0.4, 0.5) is 11.4 Å². The molecular formula is C29H25ClN2O5. The van der Waals surface area contributed by atoms with Crippen LogP contribution >= 0.6 is 11.6 Å². The van der Waals surface area contributed by atoms with Gasteiger partial charge in [0.2, 0.25) is 5.91 Å². The van der Waals surface area contributed by atoms with Gasteiger partial charge in [0.25, 0.3) is 5.91 Å². The molecule has 0 fully saturated rings. The van der Waals surface area contributed by atoms with Gasteiger partial charge >= 0.3 is 5.97 Å². The minimum Gasteiger partial charge on any atom is -0.457 e. The van der Waals surface area contributed by atoms with Crippen LogP contribution in [0, 0.1) is 0 Å². The number of hydrogen-bond donors (Lipinski definition) is 2. The van der Waals surface area contributed by atoms with E-state index in [1.807, 2.05) is 36.4 Å². The van der Waals surface area contributed by atoms with E-state index in [1.54, 1.807) is 54.6 Å². The average molecular weight is 517 g/mol. The molecule has 2 N–H and O–H groups in total. The monoisotopic (exact) mass is 516 g/mol. The van der Waals surface area contributed by atoms with Crippen LogP contribution in [0.3, 0.4) is 0 Å². The minimum absolute atomic E-state index is 0.0306. The van der Waals surface area contributed by atoms with Crippen LogP contribution in [-0.2, 0) is 19.1 Å². The van der Waals surface area contributed by atoms with Crippen molar-refractivity contribution in [2.75, 3.05) is 17.2 Å². The van der Waals surface area contributed by atoms with Gasteiger partial charge in [0, 0.05) is 34.6 Å². The maximum atomic E-state index is 12.2. The molecule has 4 aromatic carbocycles. The Morgan fingerprint density at radius 3 is 2.14 bits per heavy atom. The topological polar surface area (TPSA) is 93.7 Å². The standard InChI is InChI=1S/C29H25ClN2O5/c30-21-11-15-23(16-12-21)37-24-17-13-22(14-18-24)31-27(33)9-4-10-29(35)36-19-28(34)32-26-8-3-6-20-5-1-2-7-25(20)26/h1-3,5-8,11-18H,4,9-10,19H2,(H,31,33)(H,32,34). The molecule has 188 valence electrons. The minimum atomic E-state index is -0.537. The Morgan fingerprint density at radius 1 is 0.703 bits per heavy atom. The molecule has 0 heterocycles. The highest BCUT2D eigenvalue weighted by atomic mass is 35.5. The van der Waals surface area contributed by atoms with Crippen LogP contribution < -0.4 is 15.4 Å². The maximum Gasteiger partial charge on any atom is 0.306 e. The first kappa shape index (κ1) is 25.7. The zero-order valence-corrected chi connectivity index (χ0v) is 20.7. The number of hydrogen-bond acceptors (Lipinski definition) is 5. The van der Waals surface area contributed by atoms with Crippen molar-refractivity contribution in [2.45, 2.75) is 19.3 Å². The first-order valence-corrected chi connectivity index (χ1v) is 12.1. The van der Waals surface area contributed by atoms with E-state index in [0.717, 1.165) is 10.8 Å². The molecule has 0 aliphatic heterocycles. The fraction of sp³-hybridized carbons (Fsp3) is 0.138. The SMILES string of the molecule is O=C(CCCC(=O)OCC(=O)Nc1cccc2ccccc12)Nc1ccc(Oc2ccc(Cl)cc2)cc1. The summed E-state index contributed by atoms with van der Waals surface area (Å²) in [6.45, 7) is -0.390. The van der Waals surface area contributed by atoms with Crippen LogP contribution in [0.25, 0.3) is 10.8 Å². The number of esters is 1. The number of ether oxygens (including phenoxy) is 2. The Bertz CT molecular complexity index is 1380. The first-order chi connectivity index (χ1) is 18.0. The average Bonchev–Trinajstić information content (AvgIpc) is 2.90. The first-order valence-electron chi connectivity index (χ1n) is 11.7. The Balaban J connectivity index is 1.14. The molecule has 0 atom stereocenters. The summed E-state index contributed by atoms with van der Waals surface area (Å²) in [4.78, 5) is 36.4. The highest BCUT2D eigenvalue weighted by molar-refractivity contribution is 6.30. The second-order valence-electron chi connectivity index (χ2n) is 8.22. The molecule has 0 bridgehead atoms. The quantitative estimate of drug-likeness (QED) is 0.232. The summed E-state index contributed by atoms with van der Waals surface area (Å²) in [5.74, 6) is 0.0787. The third-order valence-corrected chi connectivity index (χ3v) is 5.65. The third-order valence-electron chi connectivity index (χ3n) is 5.40. The highest BCUT2D eigenvalue weighted by Gasteiger charge is 2.11. The van der Waals surface area contributed by atoms with Gasteiger partial charge in [0.15, 0.2) is 6.61 Å². The van der Waals surface area contributed by atoms with E-state index < -0.39 is 18.5 Å². The predicted octanol–water partition coefficient (Wildman–Crippen LogP) is 6.58. The van der Waals surface area contributed by atoms with E-state index in [-0.39, 0.29) is 18.7 Å². The van der Waals surface area contributed by atoms with Crippen LogP contribution in [-0.4, -0.2) is 24.4 Å². The van der Waals surface area contributed by atoms with Gasteiger partial charge in [-0.1, -0.05) is 48.0 Å². The molecule has 0 aromatic heterocycles. The van der Waals surface area contributed by atoms with Gasteiger partial charge < -0.3 is 20.1 Å². The van der Waals surface area contributed by atoms with E-state index in [2.05, 4.69) is 10.6 Å². The number of anilines is 2. The second kappa shape index (κ2) is 12.6. The van der Waals surface area contributed by atoms with Gasteiger partial charge in [-0.15, -0.1) is 0 Å². The fourth-order valence-corrected chi connectivity index (χ4v) is 3.73. The fourth-order valence-electron chi connectivity index (χ4n) is 3.60. The molecule has 8 heteroatoms. The van der Waals surface area contributed by atoms with E-state index in [1.165, 1.54) is 0 Å². The van der Waals surface area contributed by atoms with Gasteiger partial charge in [-0.25, -0.2) is 0 Å². The lowest BCUT2D eigenvalue weighted by molar-refractivity contribution is -0.147. The van der Waals surface area contributed by atoms with E-state index in [9.17, 15) is 14.4 Å². The van der Waals surface area contributed by atoms with Crippen molar-refractivity contribution in [3.05, 3.63) is 96.0 Å². The number of rotatable bonds is 10. The summed E-state index contributed by atoms with van der Waals surface area (Å²) < 4.78 is 10.8. The Kier molecular flexibility index (Phi) is 8.73. The zero-order chi connectivity index (χ0) is 26.0.